The van der Waals surface area contributed by atoms with Crippen LogP contribution in [0.25, 0.3) is 0 Å². The first-order chi connectivity index (χ1) is 12.2. The van der Waals surface area contributed by atoms with E-state index in [4.69, 9.17) is 4.74 Å². The average molecular weight is 344 g/mol. The van der Waals surface area contributed by atoms with E-state index >= 15 is 0 Å². The number of likely N-dealkylation sites (tertiary alicyclic amines) is 1. The highest BCUT2D eigenvalue weighted by Gasteiger charge is 2.50. The van der Waals surface area contributed by atoms with Gasteiger partial charge in [0.05, 0.1) is 12.5 Å². The standard InChI is InChI=1S/C20H25FN2O2/c21-13-6-7-18-15(8-13)19-17(11-25-18)16(10-23(19)9-12-4-5-12)20(24)22-14-2-1-3-14/h6-8,12,14,16-17,19H,1-5,9-11H2,(H,22,24)/t16-,17+,19+/m1/s1. The van der Waals surface area contributed by atoms with Crippen molar-refractivity contribution in [1.82, 2.24) is 10.2 Å². The van der Waals surface area contributed by atoms with Crippen LogP contribution in [-0.4, -0.2) is 36.5 Å². The van der Waals surface area contributed by atoms with Crippen LogP contribution in [0.3, 0.4) is 0 Å². The second kappa shape index (κ2) is 5.97. The Morgan fingerprint density at radius 1 is 1.28 bits per heavy atom. The van der Waals surface area contributed by atoms with Crippen molar-refractivity contribution in [2.75, 3.05) is 19.7 Å². The molecule has 5 heteroatoms. The van der Waals surface area contributed by atoms with Gasteiger partial charge in [-0.05, 0) is 56.2 Å². The van der Waals surface area contributed by atoms with Crippen LogP contribution in [0, 0.1) is 23.6 Å². The van der Waals surface area contributed by atoms with Gasteiger partial charge >= 0.3 is 0 Å². The van der Waals surface area contributed by atoms with Crippen LogP contribution in [0.5, 0.6) is 5.75 Å². The predicted molar refractivity (Wildman–Crippen MR) is 91.7 cm³/mol. The summed E-state index contributed by atoms with van der Waals surface area (Å²) in [5.41, 5.74) is 0.927. The first-order valence-corrected chi connectivity index (χ1v) is 9.66. The van der Waals surface area contributed by atoms with Crippen molar-refractivity contribution < 1.29 is 13.9 Å². The molecule has 4 nitrogen and oxygen atoms in total. The van der Waals surface area contributed by atoms with Gasteiger partial charge in [0, 0.05) is 36.7 Å². The summed E-state index contributed by atoms with van der Waals surface area (Å²) >= 11 is 0. The fourth-order valence-electron chi connectivity index (χ4n) is 4.65. The lowest BCUT2D eigenvalue weighted by Crippen LogP contribution is -2.45. The SMILES string of the molecule is O=C(NC1CCC1)[C@@H]1CN(CC2CC2)[C@H]2c3cc(F)ccc3OC[C@@H]12. The van der Waals surface area contributed by atoms with Crippen molar-refractivity contribution in [1.29, 1.82) is 0 Å². The topological polar surface area (TPSA) is 41.6 Å². The van der Waals surface area contributed by atoms with E-state index in [-0.39, 0.29) is 29.6 Å². The maximum atomic E-state index is 13.9. The first kappa shape index (κ1) is 15.6. The number of amides is 1. The lowest BCUT2D eigenvalue weighted by atomic mass is 9.84. The van der Waals surface area contributed by atoms with Crippen LogP contribution in [0.15, 0.2) is 18.2 Å². The molecule has 0 aromatic heterocycles. The molecule has 2 aliphatic heterocycles. The van der Waals surface area contributed by atoms with Gasteiger partial charge in [0.25, 0.3) is 0 Å². The summed E-state index contributed by atoms with van der Waals surface area (Å²) in [6.07, 6.45) is 5.97. The van der Waals surface area contributed by atoms with Crippen LogP contribution < -0.4 is 10.1 Å². The summed E-state index contributed by atoms with van der Waals surface area (Å²) in [6.45, 7) is 2.33. The van der Waals surface area contributed by atoms with E-state index in [0.717, 1.165) is 43.2 Å². The predicted octanol–water partition coefficient (Wildman–Crippen LogP) is 2.89. The highest BCUT2D eigenvalue weighted by molar-refractivity contribution is 5.80. The Kier molecular flexibility index (Phi) is 3.73. The minimum Gasteiger partial charge on any atom is -0.493 e. The molecule has 0 spiro atoms. The largest absolute Gasteiger partial charge is 0.493 e. The van der Waals surface area contributed by atoms with Gasteiger partial charge in [0.15, 0.2) is 0 Å². The molecule has 1 aromatic rings. The summed E-state index contributed by atoms with van der Waals surface area (Å²) in [7, 11) is 0. The van der Waals surface area contributed by atoms with E-state index in [9.17, 15) is 9.18 Å². The van der Waals surface area contributed by atoms with Crippen LogP contribution in [-0.2, 0) is 4.79 Å². The molecule has 1 amide bonds. The molecule has 0 unspecified atom stereocenters. The minimum absolute atomic E-state index is 0.0548. The number of fused-ring (bicyclic) bond motifs is 3. The maximum Gasteiger partial charge on any atom is 0.225 e. The second-order valence-electron chi connectivity index (χ2n) is 8.24. The van der Waals surface area contributed by atoms with Gasteiger partial charge < -0.3 is 10.1 Å². The molecule has 2 saturated carbocycles. The summed E-state index contributed by atoms with van der Waals surface area (Å²) in [5, 5.41) is 3.22. The van der Waals surface area contributed by atoms with Crippen molar-refractivity contribution in [3.63, 3.8) is 0 Å². The van der Waals surface area contributed by atoms with E-state index in [0.29, 0.717) is 12.6 Å². The molecule has 3 atom stereocenters. The molecule has 0 bridgehead atoms. The molecule has 4 aliphatic rings. The third kappa shape index (κ3) is 2.82. The van der Waals surface area contributed by atoms with Gasteiger partial charge in [-0.25, -0.2) is 4.39 Å². The summed E-state index contributed by atoms with van der Waals surface area (Å²) in [4.78, 5) is 15.3. The summed E-state index contributed by atoms with van der Waals surface area (Å²) in [6, 6.07) is 5.27. The monoisotopic (exact) mass is 344 g/mol. The fourth-order valence-corrected chi connectivity index (χ4v) is 4.65. The van der Waals surface area contributed by atoms with Gasteiger partial charge in [0.1, 0.15) is 11.6 Å². The van der Waals surface area contributed by atoms with Gasteiger partial charge in [0.2, 0.25) is 5.91 Å². The molecule has 1 aromatic carbocycles. The minimum atomic E-state index is -0.225. The van der Waals surface area contributed by atoms with Crippen LogP contribution in [0.1, 0.15) is 43.7 Å². The average Bonchev–Trinajstić information content (AvgIpc) is 3.30. The van der Waals surface area contributed by atoms with Crippen LogP contribution >= 0.6 is 0 Å². The zero-order chi connectivity index (χ0) is 17.0. The highest BCUT2D eigenvalue weighted by atomic mass is 19.1. The molecule has 3 fully saturated rings. The lowest BCUT2D eigenvalue weighted by Gasteiger charge is -2.35. The molecular weight excluding hydrogens is 319 g/mol. The molecule has 2 heterocycles. The van der Waals surface area contributed by atoms with E-state index in [1.807, 2.05) is 0 Å². The molecule has 5 rings (SSSR count). The number of carbonyl (C=O) groups excluding carboxylic acids is 1. The number of rotatable bonds is 4. The van der Waals surface area contributed by atoms with Gasteiger partial charge in [-0.3, -0.25) is 9.69 Å². The smallest absolute Gasteiger partial charge is 0.225 e. The summed E-state index contributed by atoms with van der Waals surface area (Å²) < 4.78 is 19.8. The molecular formula is C20H25FN2O2. The molecule has 0 radical (unpaired) electrons. The summed E-state index contributed by atoms with van der Waals surface area (Å²) in [5.74, 6) is 1.53. The number of nitrogens with zero attached hydrogens (tertiary/aromatic N) is 1. The van der Waals surface area contributed by atoms with Gasteiger partial charge in [-0.15, -0.1) is 0 Å². The van der Waals surface area contributed by atoms with E-state index in [1.165, 1.54) is 25.3 Å². The third-order valence-corrected chi connectivity index (χ3v) is 6.45. The Morgan fingerprint density at radius 3 is 2.84 bits per heavy atom. The van der Waals surface area contributed by atoms with Crippen LogP contribution in [0.2, 0.25) is 0 Å². The van der Waals surface area contributed by atoms with Crippen molar-refractivity contribution in [3.05, 3.63) is 29.6 Å². The van der Waals surface area contributed by atoms with E-state index in [2.05, 4.69) is 10.2 Å². The van der Waals surface area contributed by atoms with Crippen molar-refractivity contribution in [2.24, 2.45) is 17.8 Å². The number of hydrogen-bond acceptors (Lipinski definition) is 3. The van der Waals surface area contributed by atoms with Gasteiger partial charge in [-0.2, -0.15) is 0 Å². The Morgan fingerprint density at radius 2 is 2.12 bits per heavy atom. The molecule has 25 heavy (non-hydrogen) atoms. The highest BCUT2D eigenvalue weighted by Crippen LogP contribution is 2.49. The fraction of sp³-hybridized carbons (Fsp3) is 0.650. The first-order valence-electron chi connectivity index (χ1n) is 9.66. The number of halogens is 1. The Hall–Kier alpha value is -1.62. The molecule has 2 aliphatic carbocycles. The van der Waals surface area contributed by atoms with Crippen LogP contribution in [0.4, 0.5) is 4.39 Å². The van der Waals surface area contributed by atoms with Gasteiger partial charge in [-0.1, -0.05) is 0 Å². The Labute approximate surface area is 147 Å². The number of hydrogen-bond donors (Lipinski definition) is 1. The Balaban J connectivity index is 1.43. The van der Waals surface area contributed by atoms with E-state index < -0.39 is 0 Å². The van der Waals surface area contributed by atoms with Crippen molar-refractivity contribution in [3.8, 4) is 5.75 Å². The normalized spacial score (nSPS) is 31.6. The van der Waals surface area contributed by atoms with E-state index in [1.54, 1.807) is 12.1 Å². The zero-order valence-corrected chi connectivity index (χ0v) is 14.4. The molecule has 134 valence electrons. The Bertz CT molecular complexity index is 686. The quantitative estimate of drug-likeness (QED) is 0.913. The maximum absolute atomic E-state index is 13.9. The van der Waals surface area contributed by atoms with Crippen molar-refractivity contribution >= 4 is 5.91 Å². The van der Waals surface area contributed by atoms with Crippen molar-refractivity contribution in [2.45, 2.75) is 44.2 Å². The number of benzene rings is 1. The second-order valence-corrected chi connectivity index (χ2v) is 8.24. The third-order valence-electron chi connectivity index (χ3n) is 6.45. The molecule has 1 saturated heterocycles. The lowest BCUT2D eigenvalue weighted by molar-refractivity contribution is -0.127. The number of carbonyl (C=O) groups is 1. The molecule has 1 N–H and O–H groups in total. The number of nitrogens with one attached hydrogen (secondary N) is 1. The zero-order valence-electron chi connectivity index (χ0n) is 14.4. The number of ether oxygens (including phenoxy) is 1.